The minimum atomic E-state index is -6.61. The van der Waals surface area contributed by atoms with Gasteiger partial charge < -0.3 is 9.84 Å². The Hall–Kier alpha value is -3.51. The molecule has 3 aliphatic rings. The fraction of sp³-hybridized carbons (Fsp3) is 0.269. The van der Waals surface area contributed by atoms with Gasteiger partial charge in [0.25, 0.3) is 6.10 Å². The van der Waals surface area contributed by atoms with Crippen LogP contribution >= 0.6 is 0 Å². The van der Waals surface area contributed by atoms with Gasteiger partial charge in [0.1, 0.15) is 5.75 Å². The lowest BCUT2D eigenvalue weighted by Gasteiger charge is -2.50. The number of phenols is 1. The molecule has 3 aliphatic carbocycles. The van der Waals surface area contributed by atoms with Crippen molar-refractivity contribution in [2.75, 3.05) is 0 Å². The molecule has 0 amide bonds. The van der Waals surface area contributed by atoms with Gasteiger partial charge in [-0.25, -0.2) is 0 Å². The molecule has 0 spiro atoms. The Bertz CT molecular complexity index is 1470. The Morgan fingerprint density at radius 3 is 1.61 bits per heavy atom. The summed E-state index contributed by atoms with van der Waals surface area (Å²) in [5.74, 6) is -6.26. The molecule has 0 aliphatic heterocycles. The highest BCUT2D eigenvalue weighted by atomic mass is 32.2. The lowest BCUT2D eigenvalue weighted by molar-refractivity contribution is -0.261. The summed E-state index contributed by atoms with van der Waals surface area (Å²) < 4.78 is 105. The van der Waals surface area contributed by atoms with E-state index in [1.165, 1.54) is 18.2 Å². The summed E-state index contributed by atoms with van der Waals surface area (Å²) in [6.45, 7) is 0. The first-order valence-electron chi connectivity index (χ1n) is 11.3. The SMILES string of the molecule is O=C(OC(C(F)(F)F)C(F)(F)S(=O)(=O)O)C1C2c3ccccc3C(c3ccccc32)C1c1ccccc1O. The van der Waals surface area contributed by atoms with Gasteiger partial charge in [-0.1, -0.05) is 66.7 Å². The van der Waals surface area contributed by atoms with Crippen LogP contribution in [0, 0.1) is 5.92 Å². The number of fused-ring (bicyclic) bond motifs is 1. The van der Waals surface area contributed by atoms with Crippen molar-refractivity contribution in [1.29, 1.82) is 0 Å². The third-order valence-corrected chi connectivity index (χ3v) is 8.09. The molecule has 3 aromatic carbocycles. The molecule has 6 rings (SSSR count). The van der Waals surface area contributed by atoms with Gasteiger partial charge in [-0.3, -0.25) is 9.35 Å². The molecule has 38 heavy (non-hydrogen) atoms. The van der Waals surface area contributed by atoms with Crippen LogP contribution < -0.4 is 0 Å². The van der Waals surface area contributed by atoms with Crippen molar-refractivity contribution in [3.05, 3.63) is 101 Å². The third-order valence-electron chi connectivity index (χ3n) is 7.19. The summed E-state index contributed by atoms with van der Waals surface area (Å²) in [5.41, 5.74) is 2.79. The van der Waals surface area contributed by atoms with Crippen molar-refractivity contribution in [2.24, 2.45) is 5.92 Å². The minimum absolute atomic E-state index is 0.179. The van der Waals surface area contributed by atoms with E-state index in [4.69, 9.17) is 4.55 Å². The molecule has 6 nitrogen and oxygen atoms in total. The summed E-state index contributed by atoms with van der Waals surface area (Å²) in [7, 11) is -6.61. The van der Waals surface area contributed by atoms with E-state index in [0.29, 0.717) is 11.1 Å². The van der Waals surface area contributed by atoms with Gasteiger partial charge in [-0.05, 0) is 33.9 Å². The van der Waals surface area contributed by atoms with Gasteiger partial charge in [0.15, 0.2) is 0 Å². The Morgan fingerprint density at radius 2 is 1.18 bits per heavy atom. The fourth-order valence-corrected chi connectivity index (χ4v) is 6.21. The van der Waals surface area contributed by atoms with Crippen LogP contribution in [0.3, 0.4) is 0 Å². The second-order valence-electron chi connectivity index (χ2n) is 9.22. The van der Waals surface area contributed by atoms with Gasteiger partial charge in [-0.15, -0.1) is 0 Å². The quantitative estimate of drug-likeness (QED) is 0.251. The van der Waals surface area contributed by atoms with Crippen molar-refractivity contribution in [3.8, 4) is 5.75 Å². The van der Waals surface area contributed by atoms with Crippen LogP contribution in [0.1, 0.15) is 45.6 Å². The molecule has 0 saturated carbocycles. The van der Waals surface area contributed by atoms with Gasteiger partial charge in [0, 0.05) is 17.8 Å². The minimum Gasteiger partial charge on any atom is -0.508 e. The Kier molecular flexibility index (Phi) is 6.03. The van der Waals surface area contributed by atoms with Gasteiger partial charge in [0.2, 0.25) is 0 Å². The van der Waals surface area contributed by atoms with Crippen LogP contribution in [-0.2, 0) is 19.6 Å². The van der Waals surface area contributed by atoms with Gasteiger partial charge in [0.05, 0.1) is 5.92 Å². The summed E-state index contributed by atoms with van der Waals surface area (Å²) in [5, 5.41) is 4.80. The average molecular weight is 554 g/mol. The van der Waals surface area contributed by atoms with Gasteiger partial charge in [-0.2, -0.15) is 30.4 Å². The standard InChI is InChI=1S/C26H19F5O6S/c27-25(28,29)24(26(30,31)38(34,35)36)37-23(33)22-20-15-9-3-1-7-13(15)19(14-8-2-4-10-16(14)20)21(22)17-11-5-6-12-18(17)32/h1-12,19-22,24,32H,(H,34,35,36). The Labute approximate surface area is 213 Å². The molecule has 0 saturated heterocycles. The Balaban J connectivity index is 1.71. The molecule has 0 fully saturated rings. The lowest BCUT2D eigenvalue weighted by atomic mass is 9.53. The van der Waals surface area contributed by atoms with E-state index >= 15 is 0 Å². The molecule has 3 atom stereocenters. The van der Waals surface area contributed by atoms with Crippen LogP contribution in [0.25, 0.3) is 0 Å². The summed E-state index contributed by atoms with van der Waals surface area (Å²) in [6, 6.07) is 19.5. The number of carbonyl (C=O) groups excluding carboxylic acids is 1. The average Bonchev–Trinajstić information content (AvgIpc) is 2.85. The third kappa shape index (κ3) is 3.93. The van der Waals surface area contributed by atoms with Crippen LogP contribution in [-0.4, -0.2) is 41.6 Å². The number of phenolic OH excluding ortho intramolecular Hbond substituents is 1. The maximum absolute atomic E-state index is 14.3. The maximum atomic E-state index is 14.3. The summed E-state index contributed by atoms with van der Waals surface area (Å²) in [6.07, 6.45) is -10.5. The van der Waals surface area contributed by atoms with E-state index in [9.17, 15) is 40.3 Å². The lowest BCUT2D eigenvalue weighted by Crippen LogP contribution is -2.54. The number of halogens is 5. The number of alkyl halides is 5. The molecule has 12 heteroatoms. The maximum Gasteiger partial charge on any atom is 0.432 e. The highest BCUT2D eigenvalue weighted by Crippen LogP contribution is 2.62. The number of hydrogen-bond acceptors (Lipinski definition) is 5. The normalized spacial score (nSPS) is 23.3. The number of benzene rings is 3. The molecule has 0 heterocycles. The number of hydrogen-bond donors (Lipinski definition) is 2. The van der Waals surface area contributed by atoms with Crippen molar-refractivity contribution in [3.63, 3.8) is 0 Å². The number of aromatic hydroxyl groups is 1. The molecule has 3 unspecified atom stereocenters. The van der Waals surface area contributed by atoms with E-state index in [1.54, 1.807) is 54.6 Å². The first-order valence-corrected chi connectivity index (χ1v) is 12.8. The summed E-state index contributed by atoms with van der Waals surface area (Å²) >= 11 is 0. The molecule has 0 aromatic heterocycles. The number of para-hydroxylation sites is 1. The largest absolute Gasteiger partial charge is 0.508 e. The second kappa shape index (κ2) is 8.77. The topological polar surface area (TPSA) is 101 Å². The van der Waals surface area contributed by atoms with Gasteiger partial charge >= 0.3 is 27.5 Å². The van der Waals surface area contributed by atoms with Crippen molar-refractivity contribution in [1.82, 2.24) is 0 Å². The fourth-order valence-electron chi connectivity index (χ4n) is 5.76. The molecular weight excluding hydrogens is 535 g/mol. The first kappa shape index (κ1) is 26.1. The zero-order valence-electron chi connectivity index (χ0n) is 19.1. The van der Waals surface area contributed by atoms with E-state index in [0.717, 1.165) is 11.1 Å². The highest BCUT2D eigenvalue weighted by molar-refractivity contribution is 7.86. The van der Waals surface area contributed by atoms with Crippen LogP contribution in [0.5, 0.6) is 5.75 Å². The monoisotopic (exact) mass is 554 g/mol. The molecule has 2 bridgehead atoms. The first-order chi connectivity index (χ1) is 17.7. The van der Waals surface area contributed by atoms with E-state index < -0.39 is 57.3 Å². The molecule has 200 valence electrons. The van der Waals surface area contributed by atoms with E-state index in [-0.39, 0.29) is 11.3 Å². The van der Waals surface area contributed by atoms with Crippen LogP contribution in [0.15, 0.2) is 72.8 Å². The smallest absolute Gasteiger partial charge is 0.432 e. The van der Waals surface area contributed by atoms with Crippen molar-refractivity contribution < 1.29 is 49.6 Å². The highest BCUT2D eigenvalue weighted by Gasteiger charge is 2.67. The van der Waals surface area contributed by atoms with Crippen LogP contribution in [0.4, 0.5) is 22.0 Å². The zero-order chi connectivity index (χ0) is 27.6. The zero-order valence-corrected chi connectivity index (χ0v) is 20.0. The number of carbonyl (C=O) groups is 1. The second-order valence-corrected chi connectivity index (χ2v) is 10.7. The van der Waals surface area contributed by atoms with Crippen molar-refractivity contribution in [2.45, 2.75) is 35.3 Å². The summed E-state index contributed by atoms with van der Waals surface area (Å²) in [4.78, 5) is 13.5. The molecule has 0 radical (unpaired) electrons. The van der Waals surface area contributed by atoms with E-state index in [2.05, 4.69) is 4.74 Å². The van der Waals surface area contributed by atoms with Crippen molar-refractivity contribution >= 4 is 16.1 Å². The van der Waals surface area contributed by atoms with E-state index in [1.807, 2.05) is 0 Å². The predicted octanol–water partition coefficient (Wildman–Crippen LogP) is 5.34. The number of ether oxygens (including phenoxy) is 1. The molecule has 2 N–H and O–H groups in total. The molecule has 3 aromatic rings. The number of esters is 1. The predicted molar refractivity (Wildman–Crippen MR) is 123 cm³/mol. The Morgan fingerprint density at radius 1 is 0.763 bits per heavy atom. The van der Waals surface area contributed by atoms with Crippen LogP contribution in [0.2, 0.25) is 0 Å². The molecular formula is C26H19F5O6S. The number of rotatable bonds is 5.